The molecule has 0 aromatic carbocycles. The molecular weight excluding hydrogens is 937 g/mol. The zero-order valence-electron chi connectivity index (χ0n) is 38.6. The number of fused-ring (bicyclic) bond motifs is 2. The van der Waals surface area contributed by atoms with Crippen molar-refractivity contribution in [1.82, 2.24) is 30.2 Å². The summed E-state index contributed by atoms with van der Waals surface area (Å²) in [5, 5.41) is 67.4. The van der Waals surface area contributed by atoms with Crippen LogP contribution in [-0.2, 0) is 37.6 Å². The molecule has 0 spiro atoms. The molecule has 0 bridgehead atoms. The molecule has 13 N–H and O–H groups in total. The van der Waals surface area contributed by atoms with E-state index >= 15 is 0 Å². The van der Waals surface area contributed by atoms with E-state index in [1.165, 1.54) is 0 Å². The number of pyridine rings is 5. The lowest BCUT2D eigenvalue weighted by molar-refractivity contribution is 0.150. The summed E-state index contributed by atoms with van der Waals surface area (Å²) < 4.78 is 4.78. The number of azide groups is 1. The highest BCUT2D eigenvalue weighted by Crippen LogP contribution is 2.32. The second-order valence-corrected chi connectivity index (χ2v) is 14.5. The number of hydrogen-bond donors (Lipinski definition) is 11. The summed E-state index contributed by atoms with van der Waals surface area (Å²) in [6.45, 7) is 18.5. The second-order valence-electron chi connectivity index (χ2n) is 14.5. The van der Waals surface area contributed by atoms with E-state index < -0.39 is 6.09 Å². The van der Waals surface area contributed by atoms with E-state index in [-0.39, 0.29) is 91.8 Å². The molecule has 366 valence electrons. The molecular formula is C42H58Cl3N13O9. The summed E-state index contributed by atoms with van der Waals surface area (Å²) in [6.07, 6.45) is 2.68. The molecule has 0 unspecified atom stereocenters. The van der Waals surface area contributed by atoms with Crippen LogP contribution in [0.2, 0.25) is 0 Å². The Morgan fingerprint density at radius 2 is 1.12 bits per heavy atom. The summed E-state index contributed by atoms with van der Waals surface area (Å²) in [7, 11) is 0. The van der Waals surface area contributed by atoms with Gasteiger partial charge in [0.25, 0.3) is 0 Å². The van der Waals surface area contributed by atoms with Crippen molar-refractivity contribution in [3.05, 3.63) is 107 Å². The van der Waals surface area contributed by atoms with Crippen LogP contribution in [0.15, 0.2) is 17.5 Å². The fourth-order valence-corrected chi connectivity index (χ4v) is 6.05. The summed E-state index contributed by atoms with van der Waals surface area (Å²) in [5.41, 5.74) is 29.3. The monoisotopic (exact) mass is 993 g/mol. The molecule has 3 amide bonds. The molecule has 0 saturated heterocycles. The van der Waals surface area contributed by atoms with Crippen LogP contribution in [0, 0.1) is 69.2 Å². The number of aryl methyl sites for hydroxylation is 5. The first-order chi connectivity index (χ1) is 30.1. The lowest BCUT2D eigenvalue weighted by Crippen LogP contribution is -2.34. The number of ether oxygens (including phenoxy) is 1. The van der Waals surface area contributed by atoms with Crippen LogP contribution in [-0.4, -0.2) is 67.7 Å². The van der Waals surface area contributed by atoms with Gasteiger partial charge in [0.2, 0.25) is 0 Å². The summed E-state index contributed by atoms with van der Waals surface area (Å²) in [4.78, 5) is 44.5. The van der Waals surface area contributed by atoms with Gasteiger partial charge >= 0.3 is 12.1 Å². The van der Waals surface area contributed by atoms with Crippen molar-refractivity contribution in [1.29, 1.82) is 0 Å². The summed E-state index contributed by atoms with van der Waals surface area (Å²) >= 11 is 0. The number of nitrogens with zero attached hydrogens (tertiary/aromatic N) is 8. The molecule has 2 aliphatic heterocycles. The molecule has 0 fully saturated rings. The highest BCUT2D eigenvalue weighted by atomic mass is 35.5. The molecule has 25 heteroatoms. The minimum atomic E-state index is -0.505. The number of halogens is 3. The number of aliphatic hydroxyl groups excluding tert-OH is 1. The Bertz CT molecular complexity index is 2540. The van der Waals surface area contributed by atoms with Crippen LogP contribution in [0.25, 0.3) is 10.4 Å². The number of aromatic hydroxyl groups is 5. The molecule has 22 nitrogen and oxygen atoms in total. The zero-order chi connectivity index (χ0) is 48.2. The summed E-state index contributed by atoms with van der Waals surface area (Å²) in [6, 6.07) is -0.255. The Labute approximate surface area is 405 Å². The van der Waals surface area contributed by atoms with E-state index in [1.54, 1.807) is 74.7 Å². The van der Waals surface area contributed by atoms with Crippen LogP contribution in [0.3, 0.4) is 0 Å². The maximum Gasteiger partial charge on any atom is 0.413 e. The molecule has 0 saturated carbocycles. The van der Waals surface area contributed by atoms with E-state index in [9.17, 15) is 35.1 Å². The number of nitrogens with two attached hydrogens (primary N) is 2. The third kappa shape index (κ3) is 15.1. The van der Waals surface area contributed by atoms with E-state index in [1.807, 2.05) is 6.92 Å². The van der Waals surface area contributed by atoms with Crippen LogP contribution in [0.1, 0.15) is 84.1 Å². The van der Waals surface area contributed by atoms with Crippen molar-refractivity contribution in [2.75, 3.05) is 16.4 Å². The van der Waals surface area contributed by atoms with Gasteiger partial charge in [0, 0.05) is 69.3 Å². The first-order valence-corrected chi connectivity index (χ1v) is 19.5. The molecule has 5 aromatic rings. The number of carbonyl (C=O) groups excluding carboxylic acids is 2. The highest BCUT2D eigenvalue weighted by Gasteiger charge is 2.22. The number of rotatable bonds is 4. The Morgan fingerprint density at radius 3 is 1.63 bits per heavy atom. The predicted molar refractivity (Wildman–Crippen MR) is 259 cm³/mol. The Balaban J connectivity index is 0.000000806. The van der Waals surface area contributed by atoms with E-state index in [0.717, 1.165) is 38.9 Å². The van der Waals surface area contributed by atoms with Gasteiger partial charge in [-0.3, -0.25) is 20.6 Å². The number of aromatic nitrogens is 5. The largest absolute Gasteiger partial charge is 0.506 e. The van der Waals surface area contributed by atoms with Crippen molar-refractivity contribution in [3.63, 3.8) is 0 Å². The molecule has 5 aromatic heterocycles. The minimum absolute atomic E-state index is 0. The first kappa shape index (κ1) is 60.2. The molecule has 0 atom stereocenters. The summed E-state index contributed by atoms with van der Waals surface area (Å²) in [5.74, 6) is 2.32. The Kier molecular flexibility index (Phi) is 24.2. The maximum atomic E-state index is 11.0. The van der Waals surface area contributed by atoms with Gasteiger partial charge in [0.15, 0.2) is 0 Å². The average Bonchev–Trinajstić information content (AvgIpc) is 3.26. The number of hydrogen-bond acceptors (Lipinski definition) is 17. The fourth-order valence-electron chi connectivity index (χ4n) is 6.05. The van der Waals surface area contributed by atoms with E-state index in [2.05, 4.69) is 50.9 Å². The van der Waals surface area contributed by atoms with Crippen molar-refractivity contribution in [3.8, 4) is 28.7 Å². The standard InChI is InChI=1S/C9H11N3O2.C9H10N2O3.C8H10N4O.C8H13N3O.C8H11NO2.3ClH/c1-4-6-3-10-9(14)12-8(6)11-5(2)7(4)13;1-4-6-3-14-9(13)11-8(6)10-5(2)7(4)12;1-5-7(4-11-12-9)3-10-6(2)8(5)13;1-4-6(3-9)8(10)11-5(2)7(4)12;1-5-7(4-10)3-9-6(2)8(5)11;;;/h13H,3H2,1-2H3,(H2,10,11,12,14);12H,3H2,1-2H3,(H,10,11,13);3,13H,4H2,1-2H3;12H,3,9H2,1-2H3,(H2,10,11);3,10-11H,4H2,1-2H3;3*1H. The first-order valence-electron chi connectivity index (χ1n) is 19.5. The highest BCUT2D eigenvalue weighted by molar-refractivity contribution is 5.91. The van der Waals surface area contributed by atoms with Gasteiger partial charge < -0.3 is 52.2 Å². The number of anilines is 3. The lowest BCUT2D eigenvalue weighted by atomic mass is 10.1. The van der Waals surface area contributed by atoms with Gasteiger partial charge in [-0.1, -0.05) is 5.11 Å². The third-order valence-corrected chi connectivity index (χ3v) is 10.3. The number of carbonyl (C=O) groups is 2. The number of urea groups is 1. The van der Waals surface area contributed by atoms with Gasteiger partial charge in [-0.25, -0.2) is 24.5 Å². The molecule has 67 heavy (non-hydrogen) atoms. The topological polar surface area (TPSA) is 366 Å². The molecule has 2 aliphatic rings. The maximum absolute atomic E-state index is 11.0. The van der Waals surface area contributed by atoms with Crippen molar-refractivity contribution < 1.29 is 45.0 Å². The van der Waals surface area contributed by atoms with Crippen LogP contribution in [0.5, 0.6) is 28.7 Å². The van der Waals surface area contributed by atoms with Gasteiger partial charge in [-0.2, -0.15) is 0 Å². The normalized spacial score (nSPS) is 11.3. The number of aliphatic hydroxyl groups is 1. The smallest absolute Gasteiger partial charge is 0.413 e. The van der Waals surface area contributed by atoms with E-state index in [4.69, 9.17) is 26.8 Å². The molecule has 7 heterocycles. The minimum Gasteiger partial charge on any atom is -0.506 e. The third-order valence-electron chi connectivity index (χ3n) is 10.3. The quantitative estimate of drug-likeness (QED) is 0.0477. The van der Waals surface area contributed by atoms with Crippen molar-refractivity contribution >= 4 is 66.8 Å². The fraction of sp³-hybridized carbons (Fsp3) is 0.357. The number of nitrogen functional groups attached to an aromatic ring is 1. The molecule has 0 aliphatic carbocycles. The Morgan fingerprint density at radius 1 is 0.672 bits per heavy atom. The lowest BCUT2D eigenvalue weighted by Gasteiger charge is -2.20. The number of amides is 3. The van der Waals surface area contributed by atoms with Gasteiger partial charge in [0.05, 0.1) is 41.6 Å². The van der Waals surface area contributed by atoms with E-state index in [0.29, 0.717) is 75.7 Å². The van der Waals surface area contributed by atoms with Crippen LogP contribution in [0.4, 0.5) is 27.0 Å². The zero-order valence-corrected chi connectivity index (χ0v) is 41.0. The van der Waals surface area contributed by atoms with Gasteiger partial charge in [-0.15, -0.1) is 37.2 Å². The Hall–Kier alpha value is -6.81. The molecule has 7 rings (SSSR count). The number of nitrogens with one attached hydrogen (secondary N) is 3. The van der Waals surface area contributed by atoms with Gasteiger partial charge in [-0.05, 0) is 91.5 Å². The second kappa shape index (κ2) is 27.0. The van der Waals surface area contributed by atoms with Gasteiger partial charge in [0.1, 0.15) is 52.8 Å². The molecule has 0 radical (unpaired) electrons. The predicted octanol–water partition coefficient (Wildman–Crippen LogP) is 7.33. The van der Waals surface area contributed by atoms with Crippen LogP contribution >= 0.6 is 37.2 Å². The SMILES string of the molecule is Cc1nc(N)c(CN)c(C)c1O.Cc1nc2c(c(C)c1O)CNC(=O)N2.Cc1nc2c(c(C)c1O)COC(=O)N2.Cc1ncc(CN=[N+]=[N-])c(C)c1O.Cc1ncc(CO)c(C)c1O.Cl.Cl.Cl. The van der Waals surface area contributed by atoms with Crippen LogP contribution < -0.4 is 27.4 Å². The van der Waals surface area contributed by atoms with Crippen molar-refractivity contribution in [2.24, 2.45) is 10.8 Å². The number of cyclic esters (lactones) is 1. The van der Waals surface area contributed by atoms with Crippen molar-refractivity contribution in [2.45, 2.75) is 102 Å². The average molecular weight is 995 g/mol.